The highest BCUT2D eigenvalue weighted by molar-refractivity contribution is 14.0. The van der Waals surface area contributed by atoms with Gasteiger partial charge in [0.25, 0.3) is 0 Å². The largest absolute Gasteiger partial charge is 0.381 e. The van der Waals surface area contributed by atoms with E-state index in [4.69, 9.17) is 9.88 Å². The van der Waals surface area contributed by atoms with E-state index in [0.29, 0.717) is 12.5 Å². The average molecular weight is 482 g/mol. The summed E-state index contributed by atoms with van der Waals surface area (Å²) in [4.78, 5) is 4.25. The van der Waals surface area contributed by atoms with Gasteiger partial charge in [0.05, 0.1) is 4.90 Å². The Morgan fingerprint density at radius 1 is 1.36 bits per heavy atom. The van der Waals surface area contributed by atoms with Crippen molar-refractivity contribution in [1.82, 2.24) is 10.6 Å². The summed E-state index contributed by atoms with van der Waals surface area (Å²) in [7, 11) is -1.99. The molecule has 0 bridgehead atoms. The van der Waals surface area contributed by atoms with Crippen LogP contribution in [-0.4, -0.2) is 41.2 Å². The second kappa shape index (κ2) is 10.9. The molecule has 4 N–H and O–H groups in total. The molecule has 1 saturated carbocycles. The lowest BCUT2D eigenvalue weighted by Crippen LogP contribution is -2.37. The zero-order valence-corrected chi connectivity index (χ0v) is 17.5. The topological polar surface area (TPSA) is 106 Å². The van der Waals surface area contributed by atoms with Crippen LogP contribution < -0.4 is 15.8 Å². The third-order valence-corrected chi connectivity index (χ3v) is 4.63. The summed E-state index contributed by atoms with van der Waals surface area (Å²) in [6.07, 6.45) is 3.53. The van der Waals surface area contributed by atoms with E-state index < -0.39 is 10.0 Å². The molecule has 0 atom stereocenters. The van der Waals surface area contributed by atoms with Crippen LogP contribution in [0.15, 0.2) is 34.2 Å². The van der Waals surface area contributed by atoms with Crippen molar-refractivity contribution in [2.75, 3.05) is 26.8 Å². The van der Waals surface area contributed by atoms with Crippen LogP contribution >= 0.6 is 24.0 Å². The molecule has 0 aliphatic heterocycles. The first kappa shape index (κ1) is 22.1. The highest BCUT2D eigenvalue weighted by Crippen LogP contribution is 2.28. The quantitative estimate of drug-likeness (QED) is 0.214. The van der Waals surface area contributed by atoms with Crippen LogP contribution in [0.3, 0.4) is 0 Å². The second-order valence-electron chi connectivity index (χ2n) is 5.92. The minimum Gasteiger partial charge on any atom is -0.381 e. The minimum absolute atomic E-state index is 0. The molecule has 0 saturated heterocycles. The van der Waals surface area contributed by atoms with Crippen molar-refractivity contribution in [2.45, 2.75) is 30.7 Å². The Hall–Kier alpha value is -0.910. The number of ether oxygens (including phenoxy) is 1. The molecular formula is C16H27IN4O3S. The maximum Gasteiger partial charge on any atom is 0.238 e. The molecule has 0 amide bonds. The number of hydrogen-bond acceptors (Lipinski definition) is 4. The first-order chi connectivity index (χ1) is 11.5. The monoisotopic (exact) mass is 482 g/mol. The third-order valence-electron chi connectivity index (χ3n) is 3.72. The first-order valence-electron chi connectivity index (χ1n) is 8.13. The van der Waals surface area contributed by atoms with Gasteiger partial charge in [0.2, 0.25) is 10.0 Å². The van der Waals surface area contributed by atoms with Crippen molar-refractivity contribution >= 4 is 40.0 Å². The van der Waals surface area contributed by atoms with Crippen LogP contribution in [-0.2, 0) is 21.3 Å². The van der Waals surface area contributed by atoms with Crippen molar-refractivity contribution in [3.05, 3.63) is 29.8 Å². The van der Waals surface area contributed by atoms with Gasteiger partial charge >= 0.3 is 0 Å². The standard InChI is InChI=1S/C16H26N4O3S.HI/c1-18-16(19-8-3-9-23-12-13-6-7-13)20-11-14-4-2-5-15(10-14)24(17,21)22;/h2,4-5,10,13H,3,6-9,11-12H2,1H3,(H2,17,21,22)(H2,18,19,20);1H. The number of rotatable bonds is 9. The highest BCUT2D eigenvalue weighted by atomic mass is 127. The SMILES string of the molecule is CN=C(NCCCOCC1CC1)NCc1cccc(S(N)(=O)=O)c1.I. The van der Waals surface area contributed by atoms with Gasteiger partial charge in [-0.15, -0.1) is 24.0 Å². The number of halogens is 1. The van der Waals surface area contributed by atoms with E-state index in [9.17, 15) is 8.42 Å². The molecule has 0 aromatic heterocycles. The van der Waals surface area contributed by atoms with Crippen LogP contribution in [0.4, 0.5) is 0 Å². The van der Waals surface area contributed by atoms with Gasteiger partial charge < -0.3 is 15.4 Å². The Labute approximate surface area is 166 Å². The lowest BCUT2D eigenvalue weighted by atomic mass is 10.2. The van der Waals surface area contributed by atoms with Crippen LogP contribution in [0.25, 0.3) is 0 Å². The smallest absolute Gasteiger partial charge is 0.238 e. The lowest BCUT2D eigenvalue weighted by Gasteiger charge is -2.12. The van der Waals surface area contributed by atoms with Gasteiger partial charge in [-0.05, 0) is 42.9 Å². The molecule has 142 valence electrons. The molecule has 7 nitrogen and oxygen atoms in total. The number of aliphatic imine (C=N–C) groups is 1. The summed E-state index contributed by atoms with van der Waals surface area (Å²) in [5, 5.41) is 11.5. The van der Waals surface area contributed by atoms with E-state index in [1.807, 2.05) is 6.07 Å². The number of guanidine groups is 1. The molecule has 1 aromatic rings. The number of nitrogens with one attached hydrogen (secondary N) is 2. The summed E-state index contributed by atoms with van der Waals surface area (Å²) in [5.41, 5.74) is 0.817. The Balaban J connectivity index is 0.00000312. The molecular weight excluding hydrogens is 455 g/mol. The van der Waals surface area contributed by atoms with Crippen LogP contribution in [0.2, 0.25) is 0 Å². The summed E-state index contributed by atoms with van der Waals surface area (Å²) in [6, 6.07) is 6.54. The number of hydrogen-bond donors (Lipinski definition) is 3. The van der Waals surface area contributed by atoms with Gasteiger partial charge in [-0.2, -0.15) is 0 Å². The summed E-state index contributed by atoms with van der Waals surface area (Å²) < 4.78 is 28.3. The van der Waals surface area contributed by atoms with Crippen molar-refractivity contribution in [3.63, 3.8) is 0 Å². The zero-order chi connectivity index (χ0) is 17.4. The van der Waals surface area contributed by atoms with E-state index in [-0.39, 0.29) is 28.9 Å². The Morgan fingerprint density at radius 2 is 2.12 bits per heavy atom. The van der Waals surface area contributed by atoms with Gasteiger partial charge in [-0.25, -0.2) is 13.6 Å². The molecule has 1 aliphatic rings. The lowest BCUT2D eigenvalue weighted by molar-refractivity contribution is 0.123. The zero-order valence-electron chi connectivity index (χ0n) is 14.4. The first-order valence-corrected chi connectivity index (χ1v) is 9.67. The molecule has 0 radical (unpaired) electrons. The van der Waals surface area contributed by atoms with Crippen molar-refractivity contribution in [1.29, 1.82) is 0 Å². The van der Waals surface area contributed by atoms with Crippen molar-refractivity contribution in [3.8, 4) is 0 Å². The predicted octanol–water partition coefficient (Wildman–Crippen LogP) is 1.43. The van der Waals surface area contributed by atoms with Gasteiger partial charge in [-0.1, -0.05) is 12.1 Å². The van der Waals surface area contributed by atoms with Gasteiger partial charge in [0.15, 0.2) is 5.96 Å². The summed E-state index contributed by atoms with van der Waals surface area (Å²) in [6.45, 7) is 2.85. The molecule has 0 spiro atoms. The van der Waals surface area contributed by atoms with Crippen LogP contribution in [0.5, 0.6) is 0 Å². The van der Waals surface area contributed by atoms with E-state index >= 15 is 0 Å². The third kappa shape index (κ3) is 8.84. The molecule has 0 unspecified atom stereocenters. The van der Waals surface area contributed by atoms with Crippen LogP contribution in [0, 0.1) is 5.92 Å². The van der Waals surface area contributed by atoms with Crippen LogP contribution in [0.1, 0.15) is 24.8 Å². The summed E-state index contributed by atoms with van der Waals surface area (Å²) >= 11 is 0. The number of primary sulfonamides is 1. The highest BCUT2D eigenvalue weighted by Gasteiger charge is 2.20. The van der Waals surface area contributed by atoms with E-state index in [1.54, 1.807) is 19.2 Å². The van der Waals surface area contributed by atoms with Crippen molar-refractivity contribution in [2.24, 2.45) is 16.0 Å². The minimum atomic E-state index is -3.68. The Kier molecular flexibility index (Phi) is 9.69. The molecule has 1 aromatic carbocycles. The molecule has 2 rings (SSSR count). The fraction of sp³-hybridized carbons (Fsp3) is 0.562. The summed E-state index contributed by atoms with van der Waals surface area (Å²) in [5.74, 6) is 1.46. The maximum atomic E-state index is 11.4. The Morgan fingerprint density at radius 3 is 2.76 bits per heavy atom. The molecule has 1 fully saturated rings. The van der Waals surface area contributed by atoms with E-state index in [0.717, 1.165) is 37.7 Å². The van der Waals surface area contributed by atoms with Gasteiger partial charge in [-0.3, -0.25) is 4.99 Å². The number of nitrogens with zero attached hydrogens (tertiary/aromatic N) is 1. The fourth-order valence-electron chi connectivity index (χ4n) is 2.15. The fourth-order valence-corrected chi connectivity index (χ4v) is 2.74. The molecule has 0 heterocycles. The molecule has 9 heteroatoms. The van der Waals surface area contributed by atoms with E-state index in [2.05, 4.69) is 15.6 Å². The Bertz CT molecular complexity index is 663. The average Bonchev–Trinajstić information content (AvgIpc) is 3.37. The van der Waals surface area contributed by atoms with Gasteiger partial charge in [0, 0.05) is 33.4 Å². The molecule has 1 aliphatic carbocycles. The van der Waals surface area contributed by atoms with Crippen molar-refractivity contribution < 1.29 is 13.2 Å². The number of sulfonamides is 1. The predicted molar refractivity (Wildman–Crippen MR) is 110 cm³/mol. The van der Waals surface area contributed by atoms with E-state index in [1.165, 1.54) is 18.9 Å². The maximum absolute atomic E-state index is 11.4. The number of nitrogens with two attached hydrogens (primary N) is 1. The molecule has 25 heavy (non-hydrogen) atoms. The normalized spacial score (nSPS) is 14.7. The number of benzene rings is 1. The second-order valence-corrected chi connectivity index (χ2v) is 7.48. The van der Waals surface area contributed by atoms with Gasteiger partial charge in [0.1, 0.15) is 0 Å².